The van der Waals surface area contributed by atoms with Crippen LogP contribution in [0.15, 0.2) is 42.9 Å². The summed E-state index contributed by atoms with van der Waals surface area (Å²) >= 11 is 0. The molecule has 126 valence electrons. The summed E-state index contributed by atoms with van der Waals surface area (Å²) in [6.07, 6.45) is 3.28. The molecule has 3 heterocycles. The molecule has 4 aromatic rings. The number of rotatable bonds is 3. The topological polar surface area (TPSA) is 68.8 Å². The Bertz CT molecular complexity index is 1090. The summed E-state index contributed by atoms with van der Waals surface area (Å²) in [6, 6.07) is 9.71. The summed E-state index contributed by atoms with van der Waals surface area (Å²) in [7, 11) is 5.61. The van der Waals surface area contributed by atoms with Gasteiger partial charge in [-0.25, -0.2) is 15.0 Å². The number of fused-ring (bicyclic) bond motifs is 2. The first-order valence-corrected chi connectivity index (χ1v) is 7.97. The summed E-state index contributed by atoms with van der Waals surface area (Å²) in [5.41, 5.74) is 3.97. The van der Waals surface area contributed by atoms with Crippen LogP contribution in [0.5, 0.6) is 0 Å². The smallest absolute Gasteiger partial charge is 0.255 e. The van der Waals surface area contributed by atoms with Crippen molar-refractivity contribution in [3.63, 3.8) is 0 Å². The van der Waals surface area contributed by atoms with Gasteiger partial charge >= 0.3 is 0 Å². The van der Waals surface area contributed by atoms with Crippen molar-refractivity contribution < 1.29 is 4.79 Å². The Hall–Kier alpha value is -3.22. The van der Waals surface area contributed by atoms with Gasteiger partial charge in [0.2, 0.25) is 0 Å². The number of aromatic nitrogens is 5. The van der Waals surface area contributed by atoms with E-state index in [2.05, 4.69) is 15.0 Å². The zero-order chi connectivity index (χ0) is 17.6. The van der Waals surface area contributed by atoms with Gasteiger partial charge in [0.05, 0.1) is 29.5 Å². The fraction of sp³-hybridized carbons (Fsp3) is 0.222. The van der Waals surface area contributed by atoms with Crippen LogP contribution in [0.3, 0.4) is 0 Å². The molecule has 4 rings (SSSR count). The van der Waals surface area contributed by atoms with Crippen LogP contribution in [0, 0.1) is 0 Å². The van der Waals surface area contributed by atoms with E-state index >= 15 is 0 Å². The maximum Gasteiger partial charge on any atom is 0.255 e. The van der Waals surface area contributed by atoms with Gasteiger partial charge in [-0.05, 0) is 18.2 Å². The van der Waals surface area contributed by atoms with Crippen molar-refractivity contribution in [1.82, 2.24) is 29.0 Å². The molecule has 7 nitrogen and oxygen atoms in total. The van der Waals surface area contributed by atoms with E-state index in [-0.39, 0.29) is 5.91 Å². The second kappa shape index (κ2) is 5.70. The number of hydrogen-bond donors (Lipinski definition) is 0. The van der Waals surface area contributed by atoms with Gasteiger partial charge in [-0.3, -0.25) is 4.79 Å². The van der Waals surface area contributed by atoms with Crippen LogP contribution in [0.1, 0.15) is 16.2 Å². The van der Waals surface area contributed by atoms with E-state index in [9.17, 15) is 4.79 Å². The predicted octanol–water partition coefficient (Wildman–Crippen LogP) is 2.13. The molecule has 25 heavy (non-hydrogen) atoms. The number of carbonyl (C=O) groups excluding carboxylic acids is 1. The summed E-state index contributed by atoms with van der Waals surface area (Å²) in [5.74, 6) is 0.732. The molecule has 0 spiro atoms. The van der Waals surface area contributed by atoms with Crippen LogP contribution < -0.4 is 0 Å². The van der Waals surface area contributed by atoms with Gasteiger partial charge < -0.3 is 14.0 Å². The van der Waals surface area contributed by atoms with Gasteiger partial charge in [0.25, 0.3) is 5.91 Å². The Labute approximate surface area is 144 Å². The molecule has 0 unspecified atom stereocenters. The number of amides is 1. The van der Waals surface area contributed by atoms with E-state index in [4.69, 9.17) is 0 Å². The second-order valence-electron chi connectivity index (χ2n) is 6.16. The van der Waals surface area contributed by atoms with Crippen molar-refractivity contribution in [2.45, 2.75) is 6.54 Å². The summed E-state index contributed by atoms with van der Waals surface area (Å²) in [6.45, 7) is 0.421. The van der Waals surface area contributed by atoms with Crippen molar-refractivity contribution in [1.29, 1.82) is 0 Å². The Morgan fingerprint density at radius 3 is 2.76 bits per heavy atom. The Kier molecular flexibility index (Phi) is 3.49. The van der Waals surface area contributed by atoms with Crippen molar-refractivity contribution in [3.8, 4) is 0 Å². The first-order valence-electron chi connectivity index (χ1n) is 7.97. The highest BCUT2D eigenvalue weighted by molar-refractivity contribution is 5.96. The SMILES string of the molecule is CN(Cc1nc2ccccc2n1C)C(=O)c1cnc2c(c1)ncn2C. The van der Waals surface area contributed by atoms with Crippen LogP contribution in [0.4, 0.5) is 0 Å². The molecule has 1 amide bonds. The van der Waals surface area contributed by atoms with Crippen LogP contribution in [-0.4, -0.2) is 41.9 Å². The zero-order valence-corrected chi connectivity index (χ0v) is 14.3. The van der Waals surface area contributed by atoms with Crippen molar-refractivity contribution in [2.24, 2.45) is 14.1 Å². The van der Waals surface area contributed by atoms with Crippen LogP contribution >= 0.6 is 0 Å². The predicted molar refractivity (Wildman–Crippen MR) is 95.0 cm³/mol. The maximum absolute atomic E-state index is 12.7. The molecule has 0 radical (unpaired) electrons. The lowest BCUT2D eigenvalue weighted by atomic mass is 10.2. The third-order valence-corrected chi connectivity index (χ3v) is 4.40. The van der Waals surface area contributed by atoms with Gasteiger partial charge in [-0.15, -0.1) is 0 Å². The largest absolute Gasteiger partial charge is 0.334 e. The molecule has 1 aromatic carbocycles. The summed E-state index contributed by atoms with van der Waals surface area (Å²) in [4.78, 5) is 27.6. The molecule has 0 aliphatic carbocycles. The first kappa shape index (κ1) is 15.3. The van der Waals surface area contributed by atoms with Crippen molar-refractivity contribution in [3.05, 3.63) is 54.2 Å². The standard InChI is InChI=1S/C18H18N6O/c1-22(10-16-21-13-6-4-5-7-15(13)24(16)3)18(25)12-8-14-17(19-9-12)23(2)11-20-14/h4-9,11H,10H2,1-3H3. The van der Waals surface area contributed by atoms with Crippen molar-refractivity contribution in [2.75, 3.05) is 7.05 Å². The highest BCUT2D eigenvalue weighted by Crippen LogP contribution is 2.17. The minimum Gasteiger partial charge on any atom is -0.334 e. The monoisotopic (exact) mass is 334 g/mol. The minimum absolute atomic E-state index is 0.105. The molecule has 3 aromatic heterocycles. The van der Waals surface area contributed by atoms with Gasteiger partial charge in [0.1, 0.15) is 11.3 Å². The number of pyridine rings is 1. The molecule has 0 saturated carbocycles. The second-order valence-corrected chi connectivity index (χ2v) is 6.16. The molecule has 0 aliphatic heterocycles. The fourth-order valence-corrected chi connectivity index (χ4v) is 2.97. The van der Waals surface area contributed by atoms with Crippen molar-refractivity contribution >= 4 is 28.1 Å². The van der Waals surface area contributed by atoms with Crippen LogP contribution in [0.25, 0.3) is 22.2 Å². The van der Waals surface area contributed by atoms with Gasteiger partial charge in [-0.1, -0.05) is 12.1 Å². The lowest BCUT2D eigenvalue weighted by Gasteiger charge is -2.16. The average molecular weight is 334 g/mol. The Balaban J connectivity index is 1.61. The number of imidazole rings is 2. The zero-order valence-electron chi connectivity index (χ0n) is 14.3. The first-order chi connectivity index (χ1) is 12.0. The highest BCUT2D eigenvalue weighted by atomic mass is 16.2. The molecule has 7 heteroatoms. The molecular weight excluding hydrogens is 316 g/mol. The van der Waals surface area contributed by atoms with Gasteiger partial charge in [0, 0.05) is 27.3 Å². The number of nitrogens with zero attached hydrogens (tertiary/aromatic N) is 6. The fourth-order valence-electron chi connectivity index (χ4n) is 2.97. The number of aryl methyl sites for hydroxylation is 2. The quantitative estimate of drug-likeness (QED) is 0.575. The molecule has 0 atom stereocenters. The third-order valence-electron chi connectivity index (χ3n) is 4.40. The maximum atomic E-state index is 12.7. The highest BCUT2D eigenvalue weighted by Gasteiger charge is 2.17. The van der Waals surface area contributed by atoms with E-state index in [0.29, 0.717) is 17.6 Å². The average Bonchev–Trinajstić information content (AvgIpc) is 3.15. The van der Waals surface area contributed by atoms with Crippen LogP contribution in [-0.2, 0) is 20.6 Å². The van der Waals surface area contributed by atoms with E-state index < -0.39 is 0 Å². The normalized spacial score (nSPS) is 11.3. The van der Waals surface area contributed by atoms with Gasteiger partial charge in [0.15, 0.2) is 5.65 Å². The lowest BCUT2D eigenvalue weighted by molar-refractivity contribution is 0.0780. The summed E-state index contributed by atoms with van der Waals surface area (Å²) < 4.78 is 3.84. The molecule has 0 fully saturated rings. The number of benzene rings is 1. The Morgan fingerprint density at radius 1 is 1.16 bits per heavy atom. The van der Waals surface area contributed by atoms with E-state index in [1.807, 2.05) is 47.5 Å². The molecule has 0 N–H and O–H groups in total. The number of para-hydroxylation sites is 2. The van der Waals surface area contributed by atoms with E-state index in [1.165, 1.54) is 0 Å². The summed E-state index contributed by atoms with van der Waals surface area (Å²) in [5, 5.41) is 0. The third kappa shape index (κ3) is 2.53. The van der Waals surface area contributed by atoms with Gasteiger partial charge in [-0.2, -0.15) is 0 Å². The molecule has 0 bridgehead atoms. The minimum atomic E-state index is -0.105. The number of carbonyl (C=O) groups is 1. The lowest BCUT2D eigenvalue weighted by Crippen LogP contribution is -2.27. The molecule has 0 saturated heterocycles. The van der Waals surface area contributed by atoms with Crippen LogP contribution in [0.2, 0.25) is 0 Å². The molecule has 0 aliphatic rings. The molecular formula is C18H18N6O. The Morgan fingerprint density at radius 2 is 1.96 bits per heavy atom. The number of hydrogen-bond acceptors (Lipinski definition) is 4. The van der Waals surface area contributed by atoms with E-state index in [0.717, 1.165) is 22.5 Å². The van der Waals surface area contributed by atoms with E-state index in [1.54, 1.807) is 30.5 Å².